The van der Waals surface area contributed by atoms with Crippen molar-refractivity contribution in [1.29, 1.82) is 0 Å². The molecular weight excluding hydrogens is 216 g/mol. The summed E-state index contributed by atoms with van der Waals surface area (Å²) >= 11 is 5.07. The van der Waals surface area contributed by atoms with Gasteiger partial charge in [0.25, 0.3) is 5.78 Å². The largest absolute Gasteiger partial charge is 0.302 e. The van der Waals surface area contributed by atoms with E-state index in [0.29, 0.717) is 10.4 Å². The zero-order valence-electron chi connectivity index (χ0n) is 7.81. The van der Waals surface area contributed by atoms with Gasteiger partial charge >= 0.3 is 5.91 Å². The second-order valence-electron chi connectivity index (χ2n) is 2.92. The summed E-state index contributed by atoms with van der Waals surface area (Å²) in [5.74, 6) is 4.87. The molecule has 0 bridgehead atoms. The van der Waals surface area contributed by atoms with E-state index in [1.807, 2.05) is 5.43 Å². The minimum absolute atomic E-state index is 0.0710. The van der Waals surface area contributed by atoms with Crippen molar-refractivity contribution in [3.63, 3.8) is 0 Å². The van der Waals surface area contributed by atoms with Gasteiger partial charge in [0.2, 0.25) is 5.82 Å². The Balaban J connectivity index is 2.71. The van der Waals surface area contributed by atoms with E-state index in [-0.39, 0.29) is 5.82 Å². The zero-order chi connectivity index (χ0) is 11.0. The average Bonchev–Trinajstić information content (AvgIpc) is 2.60. The van der Waals surface area contributed by atoms with Crippen LogP contribution < -0.4 is 11.3 Å². The van der Waals surface area contributed by atoms with Crippen LogP contribution in [0.2, 0.25) is 0 Å². The maximum Gasteiger partial charge on any atom is 0.302 e. The fourth-order valence-electron chi connectivity index (χ4n) is 1.16. The van der Waals surface area contributed by atoms with Crippen LogP contribution in [-0.4, -0.2) is 25.5 Å². The molecule has 2 heterocycles. The maximum absolute atomic E-state index is 11.2. The fourth-order valence-corrected chi connectivity index (χ4v) is 1.46. The molecule has 1 amide bonds. The van der Waals surface area contributed by atoms with Crippen LogP contribution in [0.25, 0.3) is 5.78 Å². The van der Waals surface area contributed by atoms with Crippen molar-refractivity contribution in [2.24, 2.45) is 5.84 Å². The zero-order valence-corrected chi connectivity index (χ0v) is 8.63. The molecule has 78 valence electrons. The van der Waals surface area contributed by atoms with Crippen molar-refractivity contribution in [3.05, 3.63) is 22.2 Å². The molecule has 0 unspecified atom stereocenters. The Morgan fingerprint density at radius 3 is 3.07 bits per heavy atom. The van der Waals surface area contributed by atoms with Gasteiger partial charge in [0.15, 0.2) is 0 Å². The Morgan fingerprint density at radius 2 is 2.40 bits per heavy atom. The van der Waals surface area contributed by atoms with Gasteiger partial charge in [-0.1, -0.05) is 12.2 Å². The van der Waals surface area contributed by atoms with Crippen molar-refractivity contribution < 1.29 is 4.79 Å². The lowest BCUT2D eigenvalue weighted by Gasteiger charge is -1.93. The van der Waals surface area contributed by atoms with E-state index in [4.69, 9.17) is 18.1 Å². The Kier molecular flexibility index (Phi) is 2.21. The molecule has 0 saturated carbocycles. The number of aromatic amines is 1. The van der Waals surface area contributed by atoms with E-state index in [9.17, 15) is 4.79 Å². The van der Waals surface area contributed by atoms with Crippen molar-refractivity contribution >= 4 is 23.9 Å². The average molecular weight is 224 g/mol. The minimum atomic E-state index is -0.521. The van der Waals surface area contributed by atoms with E-state index in [1.165, 1.54) is 4.52 Å². The highest BCUT2D eigenvalue weighted by Crippen LogP contribution is 2.02. The normalized spacial score (nSPS) is 10.5. The number of nitrogens with one attached hydrogen (secondary N) is 2. The number of nitrogens with zero attached hydrogens (tertiary/aromatic N) is 3. The number of carbonyl (C=O) groups is 1. The molecule has 2 aromatic heterocycles. The lowest BCUT2D eigenvalue weighted by molar-refractivity contribution is 0.0943. The first kappa shape index (κ1) is 9.74. The number of hydrogen-bond acceptors (Lipinski definition) is 5. The van der Waals surface area contributed by atoms with Crippen LogP contribution in [-0.2, 0) is 0 Å². The van der Waals surface area contributed by atoms with E-state index in [1.54, 1.807) is 13.0 Å². The Labute approximate surface area is 89.3 Å². The second kappa shape index (κ2) is 3.41. The van der Waals surface area contributed by atoms with Gasteiger partial charge in [-0.05, 0) is 13.0 Å². The van der Waals surface area contributed by atoms with Gasteiger partial charge in [0.1, 0.15) is 4.64 Å². The Hall–Kier alpha value is -1.80. The number of aromatic nitrogens is 4. The fraction of sp³-hybridized carbons (Fsp3) is 0.143. The molecule has 4 N–H and O–H groups in total. The molecule has 0 fully saturated rings. The highest BCUT2D eigenvalue weighted by Gasteiger charge is 2.10. The predicted molar refractivity (Wildman–Crippen MR) is 54.6 cm³/mol. The molecule has 0 aliphatic carbocycles. The van der Waals surface area contributed by atoms with Crippen LogP contribution in [0.15, 0.2) is 6.07 Å². The van der Waals surface area contributed by atoms with Gasteiger partial charge in [-0.2, -0.15) is 4.98 Å². The van der Waals surface area contributed by atoms with Crippen LogP contribution in [0.3, 0.4) is 0 Å². The van der Waals surface area contributed by atoms with E-state index < -0.39 is 5.91 Å². The molecule has 2 aromatic rings. The molecule has 0 aliphatic rings. The number of rotatable bonds is 1. The number of fused-ring (bicyclic) bond motifs is 1. The van der Waals surface area contributed by atoms with Gasteiger partial charge in [0.05, 0.1) is 0 Å². The number of nitrogen functional groups attached to an aromatic ring is 1. The van der Waals surface area contributed by atoms with Crippen LogP contribution in [0.5, 0.6) is 0 Å². The molecule has 0 aliphatic heterocycles. The molecule has 2 rings (SSSR count). The lowest BCUT2D eigenvalue weighted by Crippen LogP contribution is -2.30. The monoisotopic (exact) mass is 224 g/mol. The molecule has 0 saturated heterocycles. The molecule has 0 aromatic carbocycles. The number of hydrogen-bond donors (Lipinski definition) is 3. The maximum atomic E-state index is 11.2. The van der Waals surface area contributed by atoms with E-state index >= 15 is 0 Å². The van der Waals surface area contributed by atoms with Gasteiger partial charge in [-0.3, -0.25) is 15.3 Å². The molecule has 0 spiro atoms. The van der Waals surface area contributed by atoms with Crippen molar-refractivity contribution in [2.45, 2.75) is 6.92 Å². The summed E-state index contributed by atoms with van der Waals surface area (Å²) in [6.45, 7) is 1.80. The smallest absolute Gasteiger partial charge is 0.287 e. The number of carbonyl (C=O) groups excluding carboxylic acids is 1. The van der Waals surface area contributed by atoms with Crippen LogP contribution in [0, 0.1) is 11.6 Å². The number of aryl methyl sites for hydroxylation is 1. The summed E-state index contributed by atoms with van der Waals surface area (Å²) < 4.78 is 1.94. The van der Waals surface area contributed by atoms with Crippen LogP contribution in [0.4, 0.5) is 0 Å². The molecule has 0 atom stereocenters. The first-order valence-electron chi connectivity index (χ1n) is 4.09. The van der Waals surface area contributed by atoms with Gasteiger partial charge in [-0.15, -0.1) is 0 Å². The van der Waals surface area contributed by atoms with Crippen LogP contribution >= 0.6 is 12.2 Å². The third-order valence-corrected chi connectivity index (χ3v) is 2.11. The van der Waals surface area contributed by atoms with E-state index in [2.05, 4.69) is 15.1 Å². The summed E-state index contributed by atoms with van der Waals surface area (Å²) in [6, 6.07) is 1.70. The standard InChI is InChI=1S/C7H8N6OS/c1-3-2-4(15)13-7(9-3)10-5(12-13)6(14)11-8/h2H,8H2,1H3,(H,11,14)(H,9,10,12). The highest BCUT2D eigenvalue weighted by atomic mass is 32.1. The Morgan fingerprint density at radius 1 is 1.67 bits per heavy atom. The van der Waals surface area contributed by atoms with Crippen LogP contribution in [0.1, 0.15) is 16.3 Å². The SMILES string of the molecule is Cc1cc(=S)n2[nH]c(C(=O)NN)nc2n1. The summed E-state index contributed by atoms with van der Waals surface area (Å²) in [5.41, 5.74) is 2.71. The molecule has 0 radical (unpaired) electrons. The first-order valence-corrected chi connectivity index (χ1v) is 4.50. The van der Waals surface area contributed by atoms with Gasteiger partial charge < -0.3 is 0 Å². The molecule has 15 heavy (non-hydrogen) atoms. The van der Waals surface area contributed by atoms with Gasteiger partial charge in [0, 0.05) is 5.69 Å². The highest BCUT2D eigenvalue weighted by molar-refractivity contribution is 7.71. The Bertz CT molecular complexity index is 585. The third-order valence-electron chi connectivity index (χ3n) is 1.80. The van der Waals surface area contributed by atoms with Crippen molar-refractivity contribution in [1.82, 2.24) is 25.0 Å². The summed E-state index contributed by atoms with van der Waals surface area (Å²) in [7, 11) is 0. The number of H-pyrrole nitrogens is 1. The summed E-state index contributed by atoms with van der Waals surface area (Å²) in [5, 5.41) is 2.69. The minimum Gasteiger partial charge on any atom is -0.287 e. The molecule has 8 heteroatoms. The summed E-state index contributed by atoms with van der Waals surface area (Å²) in [6.07, 6.45) is 0. The van der Waals surface area contributed by atoms with Crippen molar-refractivity contribution in [3.8, 4) is 0 Å². The predicted octanol–water partition coefficient (Wildman–Crippen LogP) is -0.301. The quantitative estimate of drug-likeness (QED) is 0.267. The molecular formula is C7H8N6OS. The number of amides is 1. The topological polar surface area (TPSA) is 101 Å². The number of nitrogens with two attached hydrogens (primary N) is 1. The molecule has 7 nitrogen and oxygen atoms in total. The van der Waals surface area contributed by atoms with E-state index in [0.717, 1.165) is 5.69 Å². The van der Waals surface area contributed by atoms with Crippen molar-refractivity contribution in [2.75, 3.05) is 0 Å². The van der Waals surface area contributed by atoms with Gasteiger partial charge in [-0.25, -0.2) is 15.3 Å². The number of hydrazine groups is 1. The summed E-state index contributed by atoms with van der Waals surface area (Å²) in [4.78, 5) is 19.2. The lowest BCUT2D eigenvalue weighted by atomic mass is 10.5. The third kappa shape index (κ3) is 1.60. The first-order chi connectivity index (χ1) is 7.11. The second-order valence-corrected chi connectivity index (χ2v) is 3.34.